The second kappa shape index (κ2) is 16.1. The van der Waals surface area contributed by atoms with E-state index in [-0.39, 0.29) is 24.8 Å². The predicted octanol–water partition coefficient (Wildman–Crippen LogP) is 2.64. The zero-order chi connectivity index (χ0) is 3.41. The summed E-state index contributed by atoms with van der Waals surface area (Å²) in [6, 6.07) is 0. The summed E-state index contributed by atoms with van der Waals surface area (Å²) in [4.78, 5) is 0. The molecule has 0 nitrogen and oxygen atoms in total. The number of rotatable bonds is 1. The molecular formula is C2H6BrCl2P. The van der Waals surface area contributed by atoms with Gasteiger partial charge in [-0.1, -0.05) is 15.9 Å². The average Bonchev–Trinajstić information content (AvgIpc) is 1.37. The zero-order valence-corrected chi connectivity index (χ0v) is 7.17. The molecule has 0 fully saturated rings. The lowest BCUT2D eigenvalue weighted by Crippen LogP contribution is -1.61. The van der Waals surface area contributed by atoms with Crippen LogP contribution < -0.4 is 0 Å². The fraction of sp³-hybridized carbons (Fsp3) is 1.00. The summed E-state index contributed by atoms with van der Waals surface area (Å²) < 4.78 is 0. The molecule has 0 aromatic carbocycles. The standard InChI is InChI=1S/C2H4BrP.2ClH/c3-1-2-4;;/h1-2H2;2*1H. The smallest absolute Gasteiger partial charge is 0.00772 e. The van der Waals surface area contributed by atoms with Crippen LogP contribution in [0.15, 0.2) is 0 Å². The van der Waals surface area contributed by atoms with Gasteiger partial charge in [0, 0.05) is 5.33 Å². The Balaban J connectivity index is -0.0000000450. The highest BCUT2D eigenvalue weighted by Crippen LogP contribution is 1.83. The van der Waals surface area contributed by atoms with Crippen molar-refractivity contribution in [1.29, 1.82) is 0 Å². The molecule has 40 valence electrons. The SMILES string of the molecule is Cl.Cl.[P]CCBr. The topological polar surface area (TPSA) is 0 Å². The molecule has 0 aromatic rings. The van der Waals surface area contributed by atoms with Gasteiger partial charge in [0.2, 0.25) is 0 Å². The van der Waals surface area contributed by atoms with E-state index in [1.807, 2.05) is 0 Å². The maximum Gasteiger partial charge on any atom is 0.00772 e. The van der Waals surface area contributed by atoms with Crippen LogP contribution in [0, 0.1) is 0 Å². The Morgan fingerprint density at radius 1 is 1.33 bits per heavy atom. The first-order chi connectivity index (χ1) is 1.91. The van der Waals surface area contributed by atoms with Crippen LogP contribution in [0.2, 0.25) is 0 Å². The Morgan fingerprint density at radius 3 is 1.50 bits per heavy atom. The Hall–Kier alpha value is 1.49. The molecule has 0 saturated heterocycles. The minimum absolute atomic E-state index is 0. The molecule has 0 unspecified atom stereocenters. The molecule has 0 atom stereocenters. The van der Waals surface area contributed by atoms with E-state index >= 15 is 0 Å². The van der Waals surface area contributed by atoms with Gasteiger partial charge in [0.05, 0.1) is 0 Å². The van der Waals surface area contributed by atoms with E-state index in [4.69, 9.17) is 0 Å². The lowest BCUT2D eigenvalue weighted by Gasteiger charge is -1.64. The van der Waals surface area contributed by atoms with E-state index < -0.39 is 0 Å². The molecule has 0 amide bonds. The third-order valence-electron chi connectivity index (χ3n) is 0.0845. The summed E-state index contributed by atoms with van der Waals surface area (Å²) >= 11 is 3.17. The molecule has 4 heteroatoms. The van der Waals surface area contributed by atoms with Crippen molar-refractivity contribution < 1.29 is 0 Å². The van der Waals surface area contributed by atoms with Crippen molar-refractivity contribution in [2.24, 2.45) is 0 Å². The van der Waals surface area contributed by atoms with Crippen LogP contribution in [-0.4, -0.2) is 11.5 Å². The van der Waals surface area contributed by atoms with Gasteiger partial charge in [0.1, 0.15) is 0 Å². The van der Waals surface area contributed by atoms with E-state index in [0.717, 1.165) is 11.5 Å². The summed E-state index contributed by atoms with van der Waals surface area (Å²) in [5.74, 6) is 0. The third kappa shape index (κ3) is 17.9. The van der Waals surface area contributed by atoms with E-state index in [1.54, 1.807) is 0 Å². The van der Waals surface area contributed by atoms with E-state index in [2.05, 4.69) is 25.2 Å². The molecule has 0 rings (SSSR count). The van der Waals surface area contributed by atoms with Gasteiger partial charge in [-0.15, -0.1) is 24.8 Å². The van der Waals surface area contributed by atoms with E-state index in [0.29, 0.717) is 0 Å². The van der Waals surface area contributed by atoms with Gasteiger partial charge in [-0.25, -0.2) is 0 Å². The van der Waals surface area contributed by atoms with Gasteiger partial charge in [0.25, 0.3) is 0 Å². The van der Waals surface area contributed by atoms with Crippen LogP contribution in [0.5, 0.6) is 0 Å². The van der Waals surface area contributed by atoms with Gasteiger partial charge in [-0.3, -0.25) is 0 Å². The van der Waals surface area contributed by atoms with Crippen LogP contribution in [0.3, 0.4) is 0 Å². The lowest BCUT2D eigenvalue weighted by atomic mass is 11.0. The van der Waals surface area contributed by atoms with Crippen molar-refractivity contribution in [1.82, 2.24) is 0 Å². The van der Waals surface area contributed by atoms with E-state index in [1.165, 1.54) is 0 Å². The summed E-state index contributed by atoms with van der Waals surface area (Å²) in [6.07, 6.45) is 0.931. The van der Waals surface area contributed by atoms with Gasteiger partial charge >= 0.3 is 0 Å². The maximum absolute atomic E-state index is 3.87. The molecular weight excluding hydrogens is 206 g/mol. The van der Waals surface area contributed by atoms with Crippen molar-refractivity contribution in [2.75, 3.05) is 11.5 Å². The van der Waals surface area contributed by atoms with Crippen molar-refractivity contribution in [3.63, 3.8) is 0 Å². The molecule has 0 spiro atoms. The average molecular weight is 212 g/mol. The minimum Gasteiger partial charge on any atom is -0.147 e. The highest BCUT2D eigenvalue weighted by molar-refractivity contribution is 9.09. The van der Waals surface area contributed by atoms with Crippen LogP contribution in [0.25, 0.3) is 0 Å². The van der Waals surface area contributed by atoms with E-state index in [9.17, 15) is 0 Å². The summed E-state index contributed by atoms with van der Waals surface area (Å²) in [5, 5.41) is 0.996. The normalized spacial score (nSPS) is 5.00. The Bertz CT molecular complexity index is 13.5. The number of hydrogen-bond acceptors (Lipinski definition) is 0. The zero-order valence-electron chi connectivity index (χ0n) is 3.06. The number of alkyl halides is 1. The molecule has 6 heavy (non-hydrogen) atoms. The Morgan fingerprint density at radius 2 is 1.50 bits per heavy atom. The summed E-state index contributed by atoms with van der Waals surface area (Å²) in [5.41, 5.74) is 0. The highest BCUT2D eigenvalue weighted by atomic mass is 79.9. The lowest BCUT2D eigenvalue weighted by molar-refractivity contribution is 1.59. The molecule has 0 aliphatic heterocycles. The van der Waals surface area contributed by atoms with Crippen LogP contribution in [0.1, 0.15) is 0 Å². The van der Waals surface area contributed by atoms with Crippen molar-refractivity contribution >= 4 is 50.0 Å². The first-order valence-corrected chi connectivity index (χ1v) is 2.84. The molecule has 0 heterocycles. The Kier molecular flexibility index (Phi) is 41.9. The fourth-order valence-electron chi connectivity index (χ4n) is 0. The molecule has 0 saturated carbocycles. The van der Waals surface area contributed by atoms with Crippen LogP contribution >= 0.6 is 50.0 Å². The molecule has 0 aliphatic carbocycles. The van der Waals surface area contributed by atoms with Crippen LogP contribution in [-0.2, 0) is 0 Å². The van der Waals surface area contributed by atoms with Crippen molar-refractivity contribution in [3.05, 3.63) is 0 Å². The summed E-state index contributed by atoms with van der Waals surface area (Å²) in [7, 11) is 3.87. The third-order valence-corrected chi connectivity index (χ3v) is 1.32. The van der Waals surface area contributed by atoms with Gasteiger partial charge in [0.15, 0.2) is 0 Å². The van der Waals surface area contributed by atoms with Gasteiger partial charge in [-0.05, 0) is 15.4 Å². The monoisotopic (exact) mass is 210 g/mol. The van der Waals surface area contributed by atoms with Gasteiger partial charge in [-0.2, -0.15) is 0 Å². The van der Waals surface area contributed by atoms with Gasteiger partial charge < -0.3 is 0 Å². The first-order valence-electron chi connectivity index (χ1n) is 1.08. The summed E-state index contributed by atoms with van der Waals surface area (Å²) in [6.45, 7) is 0. The highest BCUT2D eigenvalue weighted by Gasteiger charge is 1.60. The van der Waals surface area contributed by atoms with Crippen LogP contribution in [0.4, 0.5) is 0 Å². The van der Waals surface area contributed by atoms with Crippen molar-refractivity contribution in [3.8, 4) is 0 Å². The second-order valence-corrected chi connectivity index (χ2v) is 1.65. The molecule has 0 N–H and O–H groups in total. The maximum atomic E-state index is 3.87. The Labute approximate surface area is 61.6 Å². The molecule has 0 aromatic heterocycles. The quantitative estimate of drug-likeness (QED) is 0.462. The molecule has 0 aliphatic rings. The number of halogens is 3. The number of hydrogen-bond donors (Lipinski definition) is 0. The second-order valence-electron chi connectivity index (χ2n) is 0.413. The fourth-order valence-corrected chi connectivity index (χ4v) is 0. The largest absolute Gasteiger partial charge is 0.147 e. The first kappa shape index (κ1) is 15.6. The van der Waals surface area contributed by atoms with Crippen molar-refractivity contribution in [2.45, 2.75) is 0 Å². The minimum atomic E-state index is 0. The molecule has 0 bridgehead atoms. The predicted molar refractivity (Wildman–Crippen MR) is 40.1 cm³/mol. The molecule has 2 radical (unpaired) electrons.